The maximum atomic E-state index is 13.9. The van der Waals surface area contributed by atoms with Crippen LogP contribution < -0.4 is 10.6 Å². The summed E-state index contributed by atoms with van der Waals surface area (Å²) in [6.07, 6.45) is 3.07. The molecule has 1 aromatic rings. The van der Waals surface area contributed by atoms with Gasteiger partial charge in [-0.1, -0.05) is 19.9 Å². The lowest BCUT2D eigenvalue weighted by Crippen LogP contribution is -2.53. The van der Waals surface area contributed by atoms with Crippen LogP contribution in [0.2, 0.25) is 0 Å². The van der Waals surface area contributed by atoms with Crippen LogP contribution in [0, 0.1) is 5.41 Å². The van der Waals surface area contributed by atoms with Gasteiger partial charge >= 0.3 is 5.97 Å². The standard InChI is InChI=1S/C28H44N4O4/c1-8-28(9-2)22-13-12-20(17-23(22)31(16-14-29)25(28)34)24(33)32(19(3)4)21-11-10-15-30(18-21)36-26(35)27(5,6)7/h12-13,17,19,21H,8-11,14-16,18,29H2,1-7H3. The zero-order valence-electron chi connectivity index (χ0n) is 23.1. The van der Waals surface area contributed by atoms with E-state index in [1.165, 1.54) is 0 Å². The van der Waals surface area contributed by atoms with Crippen molar-refractivity contribution >= 4 is 23.5 Å². The van der Waals surface area contributed by atoms with Crippen molar-refractivity contribution in [3.05, 3.63) is 29.3 Å². The Morgan fingerprint density at radius 2 is 1.89 bits per heavy atom. The van der Waals surface area contributed by atoms with E-state index in [2.05, 4.69) is 0 Å². The molecule has 1 saturated heterocycles. The summed E-state index contributed by atoms with van der Waals surface area (Å²) in [6, 6.07) is 5.56. The van der Waals surface area contributed by atoms with E-state index in [0.29, 0.717) is 44.6 Å². The van der Waals surface area contributed by atoms with Crippen LogP contribution in [0.15, 0.2) is 18.2 Å². The molecule has 2 aliphatic heterocycles. The summed E-state index contributed by atoms with van der Waals surface area (Å²) in [5, 5.41) is 1.70. The van der Waals surface area contributed by atoms with Crippen LogP contribution in [0.3, 0.4) is 0 Å². The number of carbonyl (C=O) groups excluding carboxylic acids is 3. The van der Waals surface area contributed by atoms with Crippen molar-refractivity contribution in [2.24, 2.45) is 11.1 Å². The zero-order chi connectivity index (χ0) is 26.8. The van der Waals surface area contributed by atoms with E-state index in [-0.39, 0.29) is 29.9 Å². The van der Waals surface area contributed by atoms with Gasteiger partial charge in [0.2, 0.25) is 5.91 Å². The van der Waals surface area contributed by atoms with E-state index < -0.39 is 10.8 Å². The van der Waals surface area contributed by atoms with Crippen molar-refractivity contribution in [1.82, 2.24) is 9.96 Å². The van der Waals surface area contributed by atoms with E-state index in [1.807, 2.05) is 71.6 Å². The lowest BCUT2D eigenvalue weighted by Gasteiger charge is -2.41. The number of hydrogen-bond donors (Lipinski definition) is 1. The Hall–Kier alpha value is -2.45. The van der Waals surface area contributed by atoms with Crippen molar-refractivity contribution in [2.45, 2.75) is 91.6 Å². The molecule has 1 unspecified atom stereocenters. The number of benzene rings is 1. The van der Waals surface area contributed by atoms with Gasteiger partial charge in [-0.3, -0.25) is 9.59 Å². The maximum Gasteiger partial charge on any atom is 0.330 e. The second kappa shape index (κ2) is 10.9. The fraction of sp³-hybridized carbons (Fsp3) is 0.679. The lowest BCUT2D eigenvalue weighted by molar-refractivity contribution is -0.208. The van der Waals surface area contributed by atoms with Crippen molar-refractivity contribution in [2.75, 3.05) is 31.1 Å². The fourth-order valence-corrected chi connectivity index (χ4v) is 5.52. The van der Waals surface area contributed by atoms with Gasteiger partial charge in [0.1, 0.15) is 0 Å². The van der Waals surface area contributed by atoms with Gasteiger partial charge in [-0.05, 0) is 78.0 Å². The van der Waals surface area contributed by atoms with Crippen LogP contribution in [-0.2, 0) is 19.8 Å². The topological polar surface area (TPSA) is 96.2 Å². The highest BCUT2D eigenvalue weighted by Gasteiger charge is 2.48. The monoisotopic (exact) mass is 500 g/mol. The third kappa shape index (κ3) is 5.16. The van der Waals surface area contributed by atoms with Gasteiger partial charge in [-0.15, -0.1) is 5.06 Å². The number of anilines is 1. The summed E-state index contributed by atoms with van der Waals surface area (Å²) >= 11 is 0. The number of piperidine rings is 1. The van der Waals surface area contributed by atoms with Gasteiger partial charge in [0, 0.05) is 43.0 Å². The number of hydrogen-bond acceptors (Lipinski definition) is 6. The first-order valence-corrected chi connectivity index (χ1v) is 13.4. The Morgan fingerprint density at radius 3 is 2.44 bits per heavy atom. The van der Waals surface area contributed by atoms with Crippen molar-refractivity contribution in [3.63, 3.8) is 0 Å². The minimum absolute atomic E-state index is 0.0406. The highest BCUT2D eigenvalue weighted by Crippen LogP contribution is 2.46. The highest BCUT2D eigenvalue weighted by molar-refractivity contribution is 6.09. The lowest BCUT2D eigenvalue weighted by atomic mass is 9.77. The van der Waals surface area contributed by atoms with Crippen LogP contribution >= 0.6 is 0 Å². The molecule has 1 atom stereocenters. The fourth-order valence-electron chi connectivity index (χ4n) is 5.52. The van der Waals surface area contributed by atoms with E-state index in [0.717, 1.165) is 24.1 Å². The predicted octanol–water partition coefficient (Wildman–Crippen LogP) is 3.87. The SMILES string of the molecule is CCC1(CC)C(=O)N(CCN)c2cc(C(=O)N(C(C)C)C3CCCN(OC(=O)C(C)(C)C)C3)ccc21. The Morgan fingerprint density at radius 1 is 1.22 bits per heavy atom. The molecule has 0 aromatic heterocycles. The number of nitrogens with zero attached hydrogens (tertiary/aromatic N) is 3. The zero-order valence-corrected chi connectivity index (χ0v) is 23.1. The molecule has 0 bridgehead atoms. The van der Waals surface area contributed by atoms with Crippen LogP contribution in [-0.4, -0.2) is 66.0 Å². The summed E-state index contributed by atoms with van der Waals surface area (Å²) < 4.78 is 0. The van der Waals surface area contributed by atoms with E-state index in [9.17, 15) is 14.4 Å². The first kappa shape index (κ1) is 28.1. The molecule has 0 spiro atoms. The molecular weight excluding hydrogens is 456 g/mol. The van der Waals surface area contributed by atoms with Crippen LogP contribution in [0.25, 0.3) is 0 Å². The van der Waals surface area contributed by atoms with Gasteiger partial charge in [0.25, 0.3) is 5.91 Å². The van der Waals surface area contributed by atoms with Gasteiger partial charge in [0.15, 0.2) is 0 Å². The van der Waals surface area contributed by atoms with Gasteiger partial charge in [0.05, 0.1) is 17.4 Å². The Balaban J connectivity index is 1.90. The molecule has 0 aliphatic carbocycles. The van der Waals surface area contributed by atoms with Crippen LogP contribution in [0.1, 0.15) is 90.1 Å². The molecule has 8 nitrogen and oxygen atoms in total. The average Bonchev–Trinajstić information content (AvgIpc) is 3.06. The first-order chi connectivity index (χ1) is 16.9. The number of hydroxylamine groups is 2. The third-order valence-corrected chi connectivity index (χ3v) is 7.63. The molecule has 8 heteroatoms. The number of amides is 2. The Kier molecular flexibility index (Phi) is 8.51. The number of carbonyl (C=O) groups is 3. The minimum Gasteiger partial charge on any atom is -0.367 e. The third-order valence-electron chi connectivity index (χ3n) is 7.63. The molecule has 2 heterocycles. The number of rotatable bonds is 8. The summed E-state index contributed by atoms with van der Waals surface area (Å²) in [7, 11) is 0. The summed E-state index contributed by atoms with van der Waals surface area (Å²) in [5.74, 6) is -0.279. The molecule has 2 aliphatic rings. The summed E-state index contributed by atoms with van der Waals surface area (Å²) in [4.78, 5) is 49.1. The van der Waals surface area contributed by atoms with Crippen molar-refractivity contribution < 1.29 is 19.2 Å². The van der Waals surface area contributed by atoms with E-state index in [1.54, 1.807) is 9.96 Å². The molecule has 0 saturated carbocycles. The van der Waals surface area contributed by atoms with Gasteiger partial charge < -0.3 is 20.4 Å². The van der Waals surface area contributed by atoms with E-state index >= 15 is 0 Å². The normalized spacial score (nSPS) is 20.0. The number of fused-ring (bicyclic) bond motifs is 1. The summed E-state index contributed by atoms with van der Waals surface area (Å²) in [5.41, 5.74) is 7.03. The quantitative estimate of drug-likeness (QED) is 0.582. The van der Waals surface area contributed by atoms with Crippen molar-refractivity contribution in [1.29, 1.82) is 0 Å². The molecule has 0 radical (unpaired) electrons. The molecule has 1 fully saturated rings. The molecule has 2 N–H and O–H groups in total. The summed E-state index contributed by atoms with van der Waals surface area (Å²) in [6.45, 7) is 15.5. The molecule has 200 valence electrons. The van der Waals surface area contributed by atoms with Crippen LogP contribution in [0.4, 0.5) is 5.69 Å². The molecule has 2 amide bonds. The maximum absolute atomic E-state index is 13.9. The predicted molar refractivity (Wildman–Crippen MR) is 142 cm³/mol. The Bertz CT molecular complexity index is 980. The molecule has 3 rings (SSSR count). The van der Waals surface area contributed by atoms with Crippen molar-refractivity contribution in [3.8, 4) is 0 Å². The van der Waals surface area contributed by atoms with E-state index in [4.69, 9.17) is 10.6 Å². The van der Waals surface area contributed by atoms with Crippen LogP contribution in [0.5, 0.6) is 0 Å². The molecule has 36 heavy (non-hydrogen) atoms. The second-order valence-corrected chi connectivity index (χ2v) is 11.4. The molecular formula is C28H44N4O4. The second-order valence-electron chi connectivity index (χ2n) is 11.4. The largest absolute Gasteiger partial charge is 0.367 e. The number of nitrogens with two attached hydrogens (primary N) is 1. The smallest absolute Gasteiger partial charge is 0.330 e. The van der Waals surface area contributed by atoms with Gasteiger partial charge in [-0.25, -0.2) is 4.79 Å². The van der Waals surface area contributed by atoms with Gasteiger partial charge in [-0.2, -0.15) is 0 Å². The molecule has 1 aromatic carbocycles. The first-order valence-electron chi connectivity index (χ1n) is 13.4. The highest BCUT2D eigenvalue weighted by atomic mass is 16.7. The average molecular weight is 501 g/mol. The Labute approximate surface area is 216 Å². The minimum atomic E-state index is -0.593.